The Morgan fingerprint density at radius 2 is 1.86 bits per heavy atom. The Morgan fingerprint density at radius 3 is 2.54 bits per heavy atom. The Kier molecular flexibility index (Phi) is 8.82. The van der Waals surface area contributed by atoms with E-state index in [9.17, 15) is 4.79 Å². The van der Waals surface area contributed by atoms with E-state index in [1.165, 1.54) is 29.7 Å². The molecule has 1 atom stereocenters. The number of aromatic nitrogens is 1. The van der Waals surface area contributed by atoms with Crippen LogP contribution in [0.2, 0.25) is 0 Å². The van der Waals surface area contributed by atoms with Crippen LogP contribution in [0.15, 0.2) is 42.6 Å². The van der Waals surface area contributed by atoms with Crippen LogP contribution >= 0.6 is 0 Å². The second-order valence-electron chi connectivity index (χ2n) is 8.43. The average molecular weight is 383 g/mol. The molecule has 2 aromatic rings. The minimum Gasteiger partial charge on any atom is -0.345 e. The first-order chi connectivity index (χ1) is 13.4. The van der Waals surface area contributed by atoms with Crippen molar-refractivity contribution in [1.82, 2.24) is 9.47 Å². The summed E-state index contributed by atoms with van der Waals surface area (Å²) in [4.78, 5) is 15.1. The SMILES string of the molecule is CCCCCCC(=O)N(Cc1cccn1Cc1cccc(C)c1)[C@@H](C)C(C)C. The molecule has 0 unspecified atom stereocenters. The fourth-order valence-electron chi connectivity index (χ4n) is 3.59. The molecule has 0 N–H and O–H groups in total. The van der Waals surface area contributed by atoms with Gasteiger partial charge in [0, 0.05) is 30.9 Å². The van der Waals surface area contributed by atoms with Crippen molar-refractivity contribution in [3.05, 3.63) is 59.4 Å². The number of unbranched alkanes of at least 4 members (excludes halogenated alkanes) is 3. The van der Waals surface area contributed by atoms with Crippen molar-refractivity contribution in [2.75, 3.05) is 0 Å². The van der Waals surface area contributed by atoms with Crippen molar-refractivity contribution < 1.29 is 4.79 Å². The lowest BCUT2D eigenvalue weighted by molar-refractivity contribution is -0.135. The molecular formula is C25H38N2O. The fraction of sp³-hybridized carbons (Fsp3) is 0.560. The fourth-order valence-corrected chi connectivity index (χ4v) is 3.59. The maximum Gasteiger partial charge on any atom is 0.223 e. The molecule has 0 aliphatic heterocycles. The second kappa shape index (κ2) is 11.1. The van der Waals surface area contributed by atoms with Gasteiger partial charge in [-0.1, -0.05) is 69.9 Å². The lowest BCUT2D eigenvalue weighted by Crippen LogP contribution is -2.41. The number of carbonyl (C=O) groups excluding carboxylic acids is 1. The van der Waals surface area contributed by atoms with Gasteiger partial charge in [0.1, 0.15) is 0 Å². The van der Waals surface area contributed by atoms with Gasteiger partial charge in [0.2, 0.25) is 5.91 Å². The molecule has 3 heteroatoms. The summed E-state index contributed by atoms with van der Waals surface area (Å²) < 4.78 is 2.28. The molecule has 1 aromatic carbocycles. The van der Waals surface area contributed by atoms with Crippen LogP contribution in [0, 0.1) is 12.8 Å². The van der Waals surface area contributed by atoms with Crippen molar-refractivity contribution in [2.24, 2.45) is 5.92 Å². The van der Waals surface area contributed by atoms with Crippen LogP contribution in [0.1, 0.15) is 76.6 Å². The Morgan fingerprint density at radius 1 is 1.07 bits per heavy atom. The van der Waals surface area contributed by atoms with E-state index in [0.29, 0.717) is 24.8 Å². The largest absolute Gasteiger partial charge is 0.345 e. The van der Waals surface area contributed by atoms with Gasteiger partial charge < -0.3 is 9.47 Å². The first kappa shape index (κ1) is 22.3. The molecule has 1 aromatic heterocycles. The summed E-state index contributed by atoms with van der Waals surface area (Å²) in [7, 11) is 0. The van der Waals surface area contributed by atoms with Crippen molar-refractivity contribution in [2.45, 2.75) is 85.9 Å². The number of amides is 1. The highest BCUT2D eigenvalue weighted by atomic mass is 16.2. The van der Waals surface area contributed by atoms with Gasteiger partial charge in [0.05, 0.1) is 6.54 Å². The third-order valence-corrected chi connectivity index (χ3v) is 5.71. The van der Waals surface area contributed by atoms with Crippen molar-refractivity contribution >= 4 is 5.91 Å². The van der Waals surface area contributed by atoms with Crippen molar-refractivity contribution in [3.63, 3.8) is 0 Å². The highest BCUT2D eigenvalue weighted by Gasteiger charge is 2.23. The summed E-state index contributed by atoms with van der Waals surface area (Å²) in [6, 6.07) is 13.1. The molecule has 0 radical (unpaired) electrons. The molecule has 28 heavy (non-hydrogen) atoms. The smallest absolute Gasteiger partial charge is 0.223 e. The maximum absolute atomic E-state index is 13.0. The lowest BCUT2D eigenvalue weighted by atomic mass is 10.0. The van der Waals surface area contributed by atoms with Gasteiger partial charge in [0.15, 0.2) is 0 Å². The molecule has 154 valence electrons. The molecule has 1 amide bonds. The van der Waals surface area contributed by atoms with E-state index < -0.39 is 0 Å². The summed E-state index contributed by atoms with van der Waals surface area (Å²) in [5.74, 6) is 0.736. The number of rotatable bonds is 11. The van der Waals surface area contributed by atoms with Gasteiger partial charge in [-0.3, -0.25) is 4.79 Å². The molecule has 0 aliphatic carbocycles. The van der Waals surface area contributed by atoms with E-state index >= 15 is 0 Å². The minimum atomic E-state index is 0.237. The third-order valence-electron chi connectivity index (χ3n) is 5.71. The molecule has 0 spiro atoms. The van der Waals surface area contributed by atoms with Gasteiger partial charge in [-0.25, -0.2) is 0 Å². The predicted molar refractivity (Wildman–Crippen MR) is 118 cm³/mol. The van der Waals surface area contributed by atoms with Crippen molar-refractivity contribution in [1.29, 1.82) is 0 Å². The monoisotopic (exact) mass is 382 g/mol. The zero-order valence-electron chi connectivity index (χ0n) is 18.4. The number of hydrogen-bond acceptors (Lipinski definition) is 1. The van der Waals surface area contributed by atoms with E-state index in [0.717, 1.165) is 19.4 Å². The standard InChI is InChI=1S/C25H38N2O/c1-6-7-8-9-15-25(28)27(22(5)20(2)3)19-24-14-11-16-26(24)18-23-13-10-12-21(4)17-23/h10-14,16-17,20,22H,6-9,15,18-19H2,1-5H3/t22-/m0/s1. The van der Waals surface area contributed by atoms with Crippen LogP contribution in [-0.2, 0) is 17.9 Å². The quantitative estimate of drug-likeness (QED) is 0.425. The van der Waals surface area contributed by atoms with Crippen LogP contribution in [0.4, 0.5) is 0 Å². The minimum absolute atomic E-state index is 0.237. The van der Waals surface area contributed by atoms with Crippen LogP contribution in [-0.4, -0.2) is 21.4 Å². The molecule has 1 heterocycles. The van der Waals surface area contributed by atoms with Crippen molar-refractivity contribution in [3.8, 4) is 0 Å². The van der Waals surface area contributed by atoms with E-state index in [1.807, 2.05) is 0 Å². The molecule has 0 aliphatic rings. The maximum atomic E-state index is 13.0. The number of hydrogen-bond donors (Lipinski definition) is 0. The van der Waals surface area contributed by atoms with E-state index in [4.69, 9.17) is 0 Å². The predicted octanol–water partition coefficient (Wildman–Crippen LogP) is 6.19. The zero-order chi connectivity index (χ0) is 20.5. The van der Waals surface area contributed by atoms with Gasteiger partial charge in [-0.2, -0.15) is 0 Å². The van der Waals surface area contributed by atoms with Crippen LogP contribution in [0.25, 0.3) is 0 Å². The van der Waals surface area contributed by atoms with E-state index in [2.05, 4.69) is 86.7 Å². The van der Waals surface area contributed by atoms with Gasteiger partial charge >= 0.3 is 0 Å². The average Bonchev–Trinajstić information content (AvgIpc) is 3.09. The molecule has 2 rings (SSSR count). The summed E-state index contributed by atoms with van der Waals surface area (Å²) in [5.41, 5.74) is 3.78. The van der Waals surface area contributed by atoms with E-state index in [-0.39, 0.29) is 6.04 Å². The first-order valence-corrected chi connectivity index (χ1v) is 10.9. The lowest BCUT2D eigenvalue weighted by Gasteiger charge is -2.32. The third kappa shape index (κ3) is 6.54. The van der Waals surface area contributed by atoms with Crippen LogP contribution < -0.4 is 0 Å². The Balaban J connectivity index is 2.11. The molecular weight excluding hydrogens is 344 g/mol. The highest BCUT2D eigenvalue weighted by molar-refractivity contribution is 5.76. The number of benzene rings is 1. The summed E-state index contributed by atoms with van der Waals surface area (Å²) in [6.45, 7) is 12.5. The molecule has 0 saturated carbocycles. The van der Waals surface area contributed by atoms with Gasteiger partial charge in [-0.15, -0.1) is 0 Å². The van der Waals surface area contributed by atoms with Gasteiger partial charge in [-0.05, 0) is 43.9 Å². The number of carbonyl (C=O) groups is 1. The second-order valence-corrected chi connectivity index (χ2v) is 8.43. The molecule has 0 fully saturated rings. The molecule has 3 nitrogen and oxygen atoms in total. The van der Waals surface area contributed by atoms with Crippen LogP contribution in [0.5, 0.6) is 0 Å². The number of aryl methyl sites for hydroxylation is 1. The summed E-state index contributed by atoms with van der Waals surface area (Å²) in [5, 5.41) is 0. The van der Waals surface area contributed by atoms with Gasteiger partial charge in [0.25, 0.3) is 0 Å². The summed E-state index contributed by atoms with van der Waals surface area (Å²) in [6.07, 6.45) is 7.35. The zero-order valence-corrected chi connectivity index (χ0v) is 18.4. The molecule has 0 bridgehead atoms. The Bertz CT molecular complexity index is 732. The normalized spacial score (nSPS) is 12.4. The Labute approximate surface area is 171 Å². The summed E-state index contributed by atoms with van der Waals surface area (Å²) >= 11 is 0. The highest BCUT2D eigenvalue weighted by Crippen LogP contribution is 2.19. The first-order valence-electron chi connectivity index (χ1n) is 10.9. The van der Waals surface area contributed by atoms with E-state index in [1.54, 1.807) is 0 Å². The molecule has 0 saturated heterocycles. The Hall–Kier alpha value is -2.03. The topological polar surface area (TPSA) is 25.2 Å². The number of nitrogens with zero attached hydrogens (tertiary/aromatic N) is 2. The van der Waals surface area contributed by atoms with Crippen LogP contribution in [0.3, 0.4) is 0 Å².